The van der Waals surface area contributed by atoms with Crippen molar-refractivity contribution in [2.75, 3.05) is 0 Å². The molecular weight excluding hydrogens is 234 g/mol. The Morgan fingerprint density at radius 3 is 2.65 bits per heavy atom. The van der Waals surface area contributed by atoms with Gasteiger partial charge in [-0.3, -0.25) is 4.79 Å². The molecule has 2 heterocycles. The molecular formula is C13H15NO2S. The monoisotopic (exact) mass is 249 g/mol. The Balaban J connectivity index is 2.69. The predicted molar refractivity (Wildman–Crippen MR) is 70.3 cm³/mol. The molecule has 2 aromatic rings. The van der Waals surface area contributed by atoms with Gasteiger partial charge in [0.1, 0.15) is 0 Å². The molecule has 0 spiro atoms. The highest BCUT2D eigenvalue weighted by Crippen LogP contribution is 2.25. The molecule has 2 aromatic heterocycles. The van der Waals surface area contributed by atoms with Crippen LogP contribution in [0.5, 0.6) is 0 Å². The normalized spacial score (nSPS) is 11.1. The molecule has 0 aromatic carbocycles. The van der Waals surface area contributed by atoms with E-state index in [4.69, 9.17) is 5.11 Å². The molecule has 3 nitrogen and oxygen atoms in total. The molecule has 90 valence electrons. The number of rotatable bonds is 3. The molecule has 0 aliphatic heterocycles. The first-order valence-corrected chi connectivity index (χ1v) is 6.42. The van der Waals surface area contributed by atoms with E-state index in [1.807, 2.05) is 37.4 Å². The van der Waals surface area contributed by atoms with Crippen LogP contribution in [-0.4, -0.2) is 9.67 Å². The van der Waals surface area contributed by atoms with Gasteiger partial charge < -0.3 is 9.67 Å². The average molecular weight is 249 g/mol. The number of thiophene rings is 1. The first-order valence-electron chi connectivity index (χ1n) is 5.54. The third kappa shape index (κ3) is 2.18. The highest BCUT2D eigenvalue weighted by Gasteiger charge is 2.12. The zero-order chi connectivity index (χ0) is 12.4. The second-order valence-electron chi connectivity index (χ2n) is 4.15. The van der Waals surface area contributed by atoms with E-state index >= 15 is 0 Å². The molecule has 1 N–H and O–H groups in total. The van der Waals surface area contributed by atoms with Crippen LogP contribution < -0.4 is 5.56 Å². The van der Waals surface area contributed by atoms with Crippen molar-refractivity contribution in [1.82, 2.24) is 4.57 Å². The zero-order valence-electron chi connectivity index (χ0n) is 9.88. The summed E-state index contributed by atoms with van der Waals surface area (Å²) in [5, 5.41) is 11.1. The fourth-order valence-electron chi connectivity index (χ4n) is 1.85. The highest BCUT2D eigenvalue weighted by molar-refractivity contribution is 7.13. The predicted octanol–water partition coefficient (Wildman–Crippen LogP) is 2.65. The topological polar surface area (TPSA) is 42.2 Å². The summed E-state index contributed by atoms with van der Waals surface area (Å²) in [5.41, 5.74) is 1.25. The minimum Gasteiger partial charge on any atom is -0.391 e. The van der Waals surface area contributed by atoms with Gasteiger partial charge in [-0.15, -0.1) is 11.3 Å². The summed E-state index contributed by atoms with van der Waals surface area (Å²) in [6, 6.07) is 7.65. The standard InChI is InChI=1S/C13H15NO2S/c1-9(2)14-11(12-4-3-7-17-12)6-5-10(8-15)13(14)16/h3-7,9,15H,8H2,1-2H3. The van der Waals surface area contributed by atoms with Gasteiger partial charge in [-0.2, -0.15) is 0 Å². The van der Waals surface area contributed by atoms with Gasteiger partial charge in [0, 0.05) is 11.6 Å². The van der Waals surface area contributed by atoms with Gasteiger partial charge in [0.25, 0.3) is 5.56 Å². The summed E-state index contributed by atoms with van der Waals surface area (Å²) >= 11 is 1.61. The number of nitrogens with zero attached hydrogens (tertiary/aromatic N) is 1. The maximum atomic E-state index is 12.2. The van der Waals surface area contributed by atoms with Crippen LogP contribution in [0.3, 0.4) is 0 Å². The van der Waals surface area contributed by atoms with Crippen molar-refractivity contribution in [3.63, 3.8) is 0 Å². The third-order valence-corrected chi connectivity index (χ3v) is 3.55. The van der Waals surface area contributed by atoms with Crippen molar-refractivity contribution in [2.45, 2.75) is 26.5 Å². The van der Waals surface area contributed by atoms with Crippen LogP contribution in [0.25, 0.3) is 10.6 Å². The number of aliphatic hydroxyl groups excluding tert-OH is 1. The molecule has 0 aliphatic carbocycles. The van der Waals surface area contributed by atoms with Gasteiger partial charge >= 0.3 is 0 Å². The quantitative estimate of drug-likeness (QED) is 0.908. The zero-order valence-corrected chi connectivity index (χ0v) is 10.7. The first kappa shape index (κ1) is 12.1. The van der Waals surface area contributed by atoms with Crippen molar-refractivity contribution >= 4 is 11.3 Å². The fourth-order valence-corrected chi connectivity index (χ4v) is 2.60. The van der Waals surface area contributed by atoms with Crippen molar-refractivity contribution in [3.8, 4) is 10.6 Å². The van der Waals surface area contributed by atoms with Crippen LogP contribution in [0, 0.1) is 0 Å². The van der Waals surface area contributed by atoms with E-state index in [1.165, 1.54) is 0 Å². The number of aromatic nitrogens is 1. The number of hydrogen-bond donors (Lipinski definition) is 1. The molecule has 0 saturated heterocycles. The fraction of sp³-hybridized carbons (Fsp3) is 0.308. The lowest BCUT2D eigenvalue weighted by Crippen LogP contribution is -2.26. The van der Waals surface area contributed by atoms with Crippen LogP contribution in [0.2, 0.25) is 0 Å². The van der Waals surface area contributed by atoms with E-state index in [0.29, 0.717) is 5.56 Å². The van der Waals surface area contributed by atoms with Gasteiger partial charge in [0.2, 0.25) is 0 Å². The maximum absolute atomic E-state index is 12.2. The van der Waals surface area contributed by atoms with Crippen LogP contribution in [0.15, 0.2) is 34.4 Å². The molecule has 0 bridgehead atoms. The third-order valence-electron chi connectivity index (χ3n) is 2.66. The summed E-state index contributed by atoms with van der Waals surface area (Å²) in [6.45, 7) is 3.73. The minimum atomic E-state index is -0.212. The van der Waals surface area contributed by atoms with Crippen molar-refractivity contribution in [1.29, 1.82) is 0 Å². The summed E-state index contributed by atoms with van der Waals surface area (Å²) in [4.78, 5) is 13.2. The molecule has 0 atom stereocenters. The highest BCUT2D eigenvalue weighted by atomic mass is 32.1. The van der Waals surface area contributed by atoms with E-state index in [0.717, 1.165) is 10.6 Å². The number of hydrogen-bond acceptors (Lipinski definition) is 3. The van der Waals surface area contributed by atoms with Crippen molar-refractivity contribution < 1.29 is 5.11 Å². The van der Waals surface area contributed by atoms with Crippen LogP contribution in [-0.2, 0) is 6.61 Å². The summed E-state index contributed by atoms with van der Waals surface area (Å²) < 4.78 is 1.73. The average Bonchev–Trinajstić information content (AvgIpc) is 2.81. The molecule has 2 rings (SSSR count). The first-order chi connectivity index (χ1) is 8.15. The lowest BCUT2D eigenvalue weighted by Gasteiger charge is -2.16. The SMILES string of the molecule is CC(C)n1c(-c2cccs2)ccc(CO)c1=O. The molecule has 4 heteroatoms. The van der Waals surface area contributed by atoms with Gasteiger partial charge in [-0.1, -0.05) is 6.07 Å². The van der Waals surface area contributed by atoms with Gasteiger partial charge in [0.05, 0.1) is 17.2 Å². The van der Waals surface area contributed by atoms with E-state index in [-0.39, 0.29) is 18.2 Å². The van der Waals surface area contributed by atoms with Gasteiger partial charge in [-0.05, 0) is 37.4 Å². The van der Waals surface area contributed by atoms with Crippen LogP contribution in [0.4, 0.5) is 0 Å². The molecule has 17 heavy (non-hydrogen) atoms. The van der Waals surface area contributed by atoms with E-state index in [1.54, 1.807) is 22.0 Å². The van der Waals surface area contributed by atoms with Crippen molar-refractivity contribution in [2.24, 2.45) is 0 Å². The van der Waals surface area contributed by atoms with Gasteiger partial charge in [0.15, 0.2) is 0 Å². The minimum absolute atomic E-state index is 0.0751. The number of pyridine rings is 1. The summed E-state index contributed by atoms with van der Waals surface area (Å²) in [7, 11) is 0. The van der Waals surface area contributed by atoms with E-state index < -0.39 is 0 Å². The summed E-state index contributed by atoms with van der Waals surface area (Å²) in [6.07, 6.45) is 0. The molecule has 0 radical (unpaired) electrons. The lowest BCUT2D eigenvalue weighted by molar-refractivity contribution is 0.279. The number of aliphatic hydroxyl groups is 1. The maximum Gasteiger partial charge on any atom is 0.256 e. The second kappa shape index (κ2) is 4.85. The largest absolute Gasteiger partial charge is 0.391 e. The van der Waals surface area contributed by atoms with Gasteiger partial charge in [-0.25, -0.2) is 0 Å². The molecule has 0 fully saturated rings. The molecule has 0 unspecified atom stereocenters. The molecule has 0 saturated carbocycles. The Kier molecular flexibility index (Phi) is 3.45. The Hall–Kier alpha value is -1.39. The Morgan fingerprint density at radius 2 is 2.12 bits per heavy atom. The molecule has 0 amide bonds. The Labute approximate surface area is 104 Å². The summed E-state index contributed by atoms with van der Waals surface area (Å²) in [5.74, 6) is 0. The Morgan fingerprint density at radius 1 is 1.35 bits per heavy atom. The van der Waals surface area contributed by atoms with Crippen LogP contribution >= 0.6 is 11.3 Å². The lowest BCUT2D eigenvalue weighted by atomic mass is 10.2. The molecule has 0 aliphatic rings. The van der Waals surface area contributed by atoms with Crippen molar-refractivity contribution in [3.05, 3.63) is 45.6 Å². The van der Waals surface area contributed by atoms with Crippen LogP contribution in [0.1, 0.15) is 25.5 Å². The smallest absolute Gasteiger partial charge is 0.256 e. The second-order valence-corrected chi connectivity index (χ2v) is 5.10. The Bertz CT molecular complexity index is 555. The van der Waals surface area contributed by atoms with E-state index in [2.05, 4.69) is 0 Å². The van der Waals surface area contributed by atoms with E-state index in [9.17, 15) is 4.79 Å².